The molecule has 1 N–H and O–H groups in total. The lowest BCUT2D eigenvalue weighted by Gasteiger charge is -2.25. The van der Waals surface area contributed by atoms with Gasteiger partial charge in [-0.3, -0.25) is 9.69 Å². The van der Waals surface area contributed by atoms with Gasteiger partial charge in [0.15, 0.2) is 0 Å². The van der Waals surface area contributed by atoms with E-state index in [9.17, 15) is 18.0 Å². The summed E-state index contributed by atoms with van der Waals surface area (Å²) in [7, 11) is 0. The highest BCUT2D eigenvalue weighted by Gasteiger charge is 2.35. The second kappa shape index (κ2) is 4.16. The van der Waals surface area contributed by atoms with Crippen LogP contribution in [0.15, 0.2) is 0 Å². The molecule has 0 aromatic carbocycles. The average molecular weight is 210 g/mol. The van der Waals surface area contributed by atoms with Crippen molar-refractivity contribution in [1.82, 2.24) is 10.2 Å². The van der Waals surface area contributed by atoms with Gasteiger partial charge in [-0.15, -0.1) is 0 Å². The topological polar surface area (TPSA) is 32.3 Å². The summed E-state index contributed by atoms with van der Waals surface area (Å²) in [6, 6.07) is -0.695. The highest BCUT2D eigenvalue weighted by Crippen LogP contribution is 2.18. The summed E-state index contributed by atoms with van der Waals surface area (Å²) in [5, 5.41) is 2.56. The summed E-state index contributed by atoms with van der Waals surface area (Å²) in [6.45, 7) is 1.24. The van der Waals surface area contributed by atoms with Crippen molar-refractivity contribution < 1.29 is 18.0 Å². The summed E-state index contributed by atoms with van der Waals surface area (Å²) in [4.78, 5) is 12.3. The normalized spacial score (nSPS) is 25.7. The first-order chi connectivity index (χ1) is 6.40. The molecule has 0 aromatic heterocycles. The minimum Gasteiger partial charge on any atom is -0.355 e. The Morgan fingerprint density at radius 1 is 1.57 bits per heavy atom. The van der Waals surface area contributed by atoms with Crippen LogP contribution in [0.25, 0.3) is 0 Å². The molecule has 0 aromatic rings. The fourth-order valence-corrected chi connectivity index (χ4v) is 1.45. The minimum absolute atomic E-state index is 0.305. The molecule has 0 saturated carbocycles. The highest BCUT2D eigenvalue weighted by molar-refractivity contribution is 5.81. The van der Waals surface area contributed by atoms with E-state index in [1.165, 1.54) is 6.92 Å². The lowest BCUT2D eigenvalue weighted by atomic mass is 10.2. The van der Waals surface area contributed by atoms with Crippen molar-refractivity contribution >= 4 is 5.91 Å². The Kier molecular flexibility index (Phi) is 3.36. The Bertz CT molecular complexity index is 217. The number of carbonyl (C=O) groups excluding carboxylic acids is 1. The number of hydrogen-bond donors (Lipinski definition) is 1. The summed E-state index contributed by atoms with van der Waals surface area (Å²) >= 11 is 0. The SMILES string of the molecule is C[C@H]1C(=O)NCCCN1CC(F)(F)F. The number of nitrogens with one attached hydrogen (secondary N) is 1. The van der Waals surface area contributed by atoms with E-state index in [1.54, 1.807) is 0 Å². The van der Waals surface area contributed by atoms with Crippen molar-refractivity contribution in [2.75, 3.05) is 19.6 Å². The van der Waals surface area contributed by atoms with Crippen LogP contribution in [-0.2, 0) is 4.79 Å². The highest BCUT2D eigenvalue weighted by atomic mass is 19.4. The number of carbonyl (C=O) groups is 1. The Morgan fingerprint density at radius 2 is 2.21 bits per heavy atom. The number of alkyl halides is 3. The van der Waals surface area contributed by atoms with Gasteiger partial charge < -0.3 is 5.32 Å². The third-order valence-electron chi connectivity index (χ3n) is 2.23. The summed E-state index contributed by atoms with van der Waals surface area (Å²) in [6.07, 6.45) is -3.68. The molecule has 1 aliphatic rings. The summed E-state index contributed by atoms with van der Waals surface area (Å²) in [5.74, 6) is -0.327. The third kappa shape index (κ3) is 3.17. The molecular weight excluding hydrogens is 197 g/mol. The summed E-state index contributed by atoms with van der Waals surface area (Å²) in [5.41, 5.74) is 0. The van der Waals surface area contributed by atoms with Crippen LogP contribution in [0.5, 0.6) is 0 Å². The van der Waals surface area contributed by atoms with Gasteiger partial charge in [-0.05, 0) is 13.3 Å². The standard InChI is InChI=1S/C8H13F3N2O/c1-6-7(14)12-3-2-4-13(6)5-8(9,10)11/h6H,2-5H2,1H3,(H,12,14)/t6-/m0/s1. The van der Waals surface area contributed by atoms with Crippen LogP contribution in [0, 0.1) is 0 Å². The molecule has 1 saturated heterocycles. The zero-order valence-corrected chi connectivity index (χ0v) is 7.90. The largest absolute Gasteiger partial charge is 0.401 e. The van der Waals surface area contributed by atoms with Gasteiger partial charge >= 0.3 is 6.18 Å². The molecule has 0 aliphatic carbocycles. The fraction of sp³-hybridized carbons (Fsp3) is 0.875. The van der Waals surface area contributed by atoms with Crippen LogP contribution in [0.1, 0.15) is 13.3 Å². The van der Waals surface area contributed by atoms with Gasteiger partial charge in [0.25, 0.3) is 0 Å². The Hall–Kier alpha value is -0.780. The van der Waals surface area contributed by atoms with Crippen LogP contribution in [-0.4, -0.2) is 42.7 Å². The van der Waals surface area contributed by atoms with E-state index < -0.39 is 18.8 Å². The van der Waals surface area contributed by atoms with Crippen LogP contribution >= 0.6 is 0 Å². The maximum Gasteiger partial charge on any atom is 0.401 e. The summed E-state index contributed by atoms with van der Waals surface area (Å²) < 4.78 is 36.3. The van der Waals surface area contributed by atoms with Crippen LogP contribution < -0.4 is 5.32 Å². The molecule has 1 fully saturated rings. The molecule has 0 spiro atoms. The first-order valence-corrected chi connectivity index (χ1v) is 4.48. The predicted molar refractivity (Wildman–Crippen MR) is 44.7 cm³/mol. The Labute approximate surface area is 80.3 Å². The van der Waals surface area contributed by atoms with Gasteiger partial charge in [0.05, 0.1) is 12.6 Å². The molecule has 1 aliphatic heterocycles. The molecule has 1 amide bonds. The van der Waals surface area contributed by atoms with Gasteiger partial charge in [-0.1, -0.05) is 0 Å². The molecule has 14 heavy (non-hydrogen) atoms. The van der Waals surface area contributed by atoms with E-state index in [2.05, 4.69) is 5.32 Å². The molecule has 1 heterocycles. The molecule has 82 valence electrons. The molecule has 6 heteroatoms. The Balaban J connectivity index is 2.61. The average Bonchev–Trinajstić information content (AvgIpc) is 2.17. The first kappa shape index (κ1) is 11.3. The number of hydrogen-bond acceptors (Lipinski definition) is 2. The lowest BCUT2D eigenvalue weighted by Crippen LogP contribution is -2.46. The molecule has 3 nitrogen and oxygen atoms in total. The molecule has 0 bridgehead atoms. The van der Waals surface area contributed by atoms with Crippen LogP contribution in [0.2, 0.25) is 0 Å². The van der Waals surface area contributed by atoms with Crippen molar-refractivity contribution in [3.63, 3.8) is 0 Å². The van der Waals surface area contributed by atoms with Gasteiger partial charge in [-0.25, -0.2) is 0 Å². The maximum absolute atomic E-state index is 12.1. The molecular formula is C8H13F3N2O. The van der Waals surface area contributed by atoms with E-state index in [1.807, 2.05) is 0 Å². The monoisotopic (exact) mass is 210 g/mol. The van der Waals surface area contributed by atoms with E-state index in [4.69, 9.17) is 0 Å². The van der Waals surface area contributed by atoms with Gasteiger partial charge in [-0.2, -0.15) is 13.2 Å². The number of amides is 1. The number of halogens is 3. The lowest BCUT2D eigenvalue weighted by molar-refractivity contribution is -0.153. The van der Waals surface area contributed by atoms with E-state index in [0.29, 0.717) is 19.5 Å². The van der Waals surface area contributed by atoms with Crippen LogP contribution in [0.4, 0.5) is 13.2 Å². The van der Waals surface area contributed by atoms with Crippen molar-refractivity contribution in [3.8, 4) is 0 Å². The minimum atomic E-state index is -4.24. The number of nitrogens with zero attached hydrogens (tertiary/aromatic N) is 1. The van der Waals surface area contributed by atoms with Crippen molar-refractivity contribution in [3.05, 3.63) is 0 Å². The molecule has 1 atom stereocenters. The van der Waals surface area contributed by atoms with Crippen molar-refractivity contribution in [1.29, 1.82) is 0 Å². The van der Waals surface area contributed by atoms with Gasteiger partial charge in [0.1, 0.15) is 0 Å². The second-order valence-electron chi connectivity index (χ2n) is 3.41. The third-order valence-corrected chi connectivity index (χ3v) is 2.23. The van der Waals surface area contributed by atoms with E-state index >= 15 is 0 Å². The molecule has 0 unspecified atom stereocenters. The van der Waals surface area contributed by atoms with Gasteiger partial charge in [0, 0.05) is 13.1 Å². The van der Waals surface area contributed by atoms with Crippen molar-refractivity contribution in [2.24, 2.45) is 0 Å². The predicted octanol–water partition coefficient (Wildman–Crippen LogP) is 0.759. The maximum atomic E-state index is 12.1. The van der Waals surface area contributed by atoms with Gasteiger partial charge in [0.2, 0.25) is 5.91 Å². The Morgan fingerprint density at radius 3 is 2.79 bits per heavy atom. The van der Waals surface area contributed by atoms with E-state index in [-0.39, 0.29) is 5.91 Å². The zero-order chi connectivity index (χ0) is 10.8. The zero-order valence-electron chi connectivity index (χ0n) is 7.90. The first-order valence-electron chi connectivity index (χ1n) is 4.48. The van der Waals surface area contributed by atoms with Crippen molar-refractivity contribution in [2.45, 2.75) is 25.6 Å². The molecule has 1 rings (SSSR count). The smallest absolute Gasteiger partial charge is 0.355 e. The number of rotatable bonds is 1. The second-order valence-corrected chi connectivity index (χ2v) is 3.41. The van der Waals surface area contributed by atoms with E-state index in [0.717, 1.165) is 4.90 Å². The quantitative estimate of drug-likeness (QED) is 0.693. The van der Waals surface area contributed by atoms with Crippen LogP contribution in [0.3, 0.4) is 0 Å². The fourth-order valence-electron chi connectivity index (χ4n) is 1.45. The molecule has 0 radical (unpaired) electrons.